The second kappa shape index (κ2) is 9.22. The highest BCUT2D eigenvalue weighted by Crippen LogP contribution is 2.34. The molecule has 1 fully saturated rings. The molecule has 142 valence electrons. The summed E-state index contributed by atoms with van der Waals surface area (Å²) in [4.78, 5) is 4.83. The van der Waals surface area contributed by atoms with Crippen LogP contribution < -0.4 is 10.6 Å². The molecule has 2 N–H and O–H groups in total. The molecule has 1 aromatic rings. The van der Waals surface area contributed by atoms with Gasteiger partial charge in [0.1, 0.15) is 0 Å². The van der Waals surface area contributed by atoms with Crippen molar-refractivity contribution in [2.45, 2.75) is 53.1 Å². The van der Waals surface area contributed by atoms with Crippen molar-refractivity contribution in [1.82, 2.24) is 20.4 Å². The van der Waals surface area contributed by atoms with E-state index in [-0.39, 0.29) is 11.5 Å². The van der Waals surface area contributed by atoms with Crippen molar-refractivity contribution in [2.75, 3.05) is 26.2 Å². The van der Waals surface area contributed by atoms with Crippen molar-refractivity contribution in [1.29, 1.82) is 0 Å². The molecule has 2 unspecified atom stereocenters. The average molecular weight is 350 g/mol. The molecule has 0 aromatic carbocycles. The van der Waals surface area contributed by atoms with Gasteiger partial charge in [-0.05, 0) is 37.2 Å². The Balaban J connectivity index is 1.88. The maximum absolute atomic E-state index is 6.07. The first-order chi connectivity index (χ1) is 11.9. The van der Waals surface area contributed by atoms with Gasteiger partial charge in [0.2, 0.25) is 0 Å². The number of aryl methyl sites for hydroxylation is 1. The van der Waals surface area contributed by atoms with Gasteiger partial charge in [-0.2, -0.15) is 5.10 Å². The van der Waals surface area contributed by atoms with E-state index in [9.17, 15) is 0 Å². The van der Waals surface area contributed by atoms with Gasteiger partial charge in [0.15, 0.2) is 5.96 Å². The van der Waals surface area contributed by atoms with Crippen LogP contribution in [0.1, 0.15) is 46.1 Å². The molecule has 25 heavy (non-hydrogen) atoms. The number of nitrogens with one attached hydrogen (secondary N) is 2. The summed E-state index contributed by atoms with van der Waals surface area (Å²) in [6.07, 6.45) is 7.52. The van der Waals surface area contributed by atoms with E-state index in [0.717, 1.165) is 45.0 Å². The summed E-state index contributed by atoms with van der Waals surface area (Å²) in [5.74, 6) is 1.38. The lowest BCUT2D eigenvalue weighted by Gasteiger charge is -2.39. The zero-order chi connectivity index (χ0) is 18.3. The van der Waals surface area contributed by atoms with E-state index >= 15 is 0 Å². The Kier molecular flexibility index (Phi) is 7.29. The fourth-order valence-electron chi connectivity index (χ4n) is 3.46. The van der Waals surface area contributed by atoms with E-state index in [2.05, 4.69) is 49.6 Å². The maximum atomic E-state index is 6.07. The second-order valence-electron chi connectivity index (χ2n) is 7.98. The quantitative estimate of drug-likeness (QED) is 0.611. The zero-order valence-corrected chi connectivity index (χ0v) is 16.5. The molecule has 1 saturated heterocycles. The summed E-state index contributed by atoms with van der Waals surface area (Å²) in [5, 5.41) is 11.0. The Morgan fingerprint density at radius 2 is 2.20 bits per heavy atom. The van der Waals surface area contributed by atoms with Crippen molar-refractivity contribution in [3.05, 3.63) is 18.0 Å². The van der Waals surface area contributed by atoms with E-state index in [1.807, 2.05) is 17.9 Å². The average Bonchev–Trinajstić information content (AvgIpc) is 2.97. The minimum Gasteiger partial charge on any atom is -0.377 e. The standard InChI is InChI=1S/C19H35N5O/c1-6-20-18(21-10-9-15-12-23-24(5)14-15)22-13-16-8-7-11-25-17(16)19(2,3)4/h12,14,16-17H,6-11,13H2,1-5H3,(H2,20,21,22). The lowest BCUT2D eigenvalue weighted by Crippen LogP contribution is -2.43. The smallest absolute Gasteiger partial charge is 0.191 e. The third-order valence-electron chi connectivity index (χ3n) is 4.59. The van der Waals surface area contributed by atoms with Gasteiger partial charge in [-0.25, -0.2) is 0 Å². The van der Waals surface area contributed by atoms with Crippen LogP contribution in [-0.4, -0.2) is 48.1 Å². The Morgan fingerprint density at radius 3 is 2.84 bits per heavy atom. The number of rotatable bonds is 6. The van der Waals surface area contributed by atoms with E-state index in [1.165, 1.54) is 12.0 Å². The number of aliphatic imine (C=N–C) groups is 1. The van der Waals surface area contributed by atoms with Crippen molar-refractivity contribution in [2.24, 2.45) is 23.4 Å². The highest BCUT2D eigenvalue weighted by atomic mass is 16.5. The molecular formula is C19H35N5O. The Bertz CT molecular complexity index is 546. The van der Waals surface area contributed by atoms with E-state index in [1.54, 1.807) is 0 Å². The maximum Gasteiger partial charge on any atom is 0.191 e. The number of hydrogen-bond donors (Lipinski definition) is 2. The summed E-state index contributed by atoms with van der Waals surface area (Å²) in [6.45, 7) is 12.3. The molecule has 2 rings (SSSR count). The molecule has 2 heterocycles. The van der Waals surface area contributed by atoms with Gasteiger partial charge in [0.05, 0.1) is 12.3 Å². The molecule has 1 aliphatic heterocycles. The molecule has 1 aliphatic rings. The van der Waals surface area contributed by atoms with Gasteiger partial charge in [0, 0.05) is 45.4 Å². The molecule has 1 aromatic heterocycles. The molecule has 0 spiro atoms. The van der Waals surface area contributed by atoms with Crippen LogP contribution in [0.2, 0.25) is 0 Å². The van der Waals surface area contributed by atoms with Crippen LogP contribution in [0.5, 0.6) is 0 Å². The van der Waals surface area contributed by atoms with Crippen molar-refractivity contribution >= 4 is 5.96 Å². The monoisotopic (exact) mass is 349 g/mol. The van der Waals surface area contributed by atoms with E-state index < -0.39 is 0 Å². The van der Waals surface area contributed by atoms with Crippen molar-refractivity contribution < 1.29 is 4.74 Å². The summed E-state index contributed by atoms with van der Waals surface area (Å²) in [7, 11) is 1.94. The van der Waals surface area contributed by atoms with Gasteiger partial charge in [0.25, 0.3) is 0 Å². The highest BCUT2D eigenvalue weighted by Gasteiger charge is 2.35. The lowest BCUT2D eigenvalue weighted by molar-refractivity contribution is -0.0823. The molecule has 6 heteroatoms. The van der Waals surface area contributed by atoms with Gasteiger partial charge in [-0.15, -0.1) is 0 Å². The van der Waals surface area contributed by atoms with Gasteiger partial charge in [-0.1, -0.05) is 20.8 Å². The molecule has 6 nitrogen and oxygen atoms in total. The number of hydrogen-bond acceptors (Lipinski definition) is 3. The van der Waals surface area contributed by atoms with Gasteiger partial charge >= 0.3 is 0 Å². The number of aromatic nitrogens is 2. The highest BCUT2D eigenvalue weighted by molar-refractivity contribution is 5.79. The summed E-state index contributed by atoms with van der Waals surface area (Å²) in [6, 6.07) is 0. The minimum atomic E-state index is 0.159. The van der Waals surface area contributed by atoms with Crippen LogP contribution >= 0.6 is 0 Å². The summed E-state index contributed by atoms with van der Waals surface area (Å²) in [5.41, 5.74) is 1.39. The molecule has 0 amide bonds. The Hall–Kier alpha value is -1.56. The van der Waals surface area contributed by atoms with Crippen LogP contribution in [0.25, 0.3) is 0 Å². The van der Waals surface area contributed by atoms with Gasteiger partial charge < -0.3 is 15.4 Å². The zero-order valence-electron chi connectivity index (χ0n) is 16.5. The Labute approximate surface area is 152 Å². The van der Waals surface area contributed by atoms with Gasteiger partial charge in [-0.3, -0.25) is 9.67 Å². The summed E-state index contributed by atoms with van der Waals surface area (Å²) >= 11 is 0. The summed E-state index contributed by atoms with van der Waals surface area (Å²) < 4.78 is 7.91. The largest absolute Gasteiger partial charge is 0.377 e. The molecule has 0 saturated carbocycles. The van der Waals surface area contributed by atoms with Crippen LogP contribution in [0.3, 0.4) is 0 Å². The molecular weight excluding hydrogens is 314 g/mol. The fourth-order valence-corrected chi connectivity index (χ4v) is 3.46. The van der Waals surface area contributed by atoms with E-state index in [0.29, 0.717) is 5.92 Å². The molecule has 0 bridgehead atoms. The topological polar surface area (TPSA) is 63.5 Å². The van der Waals surface area contributed by atoms with Crippen molar-refractivity contribution in [3.8, 4) is 0 Å². The predicted octanol–water partition coefficient (Wildman–Crippen LogP) is 2.36. The normalized spacial score (nSPS) is 22.0. The van der Waals surface area contributed by atoms with Crippen LogP contribution in [0.4, 0.5) is 0 Å². The lowest BCUT2D eigenvalue weighted by atomic mass is 9.78. The van der Waals surface area contributed by atoms with Crippen LogP contribution in [0, 0.1) is 11.3 Å². The van der Waals surface area contributed by atoms with Crippen LogP contribution in [-0.2, 0) is 18.2 Å². The van der Waals surface area contributed by atoms with E-state index in [4.69, 9.17) is 9.73 Å². The molecule has 0 aliphatic carbocycles. The first-order valence-electron chi connectivity index (χ1n) is 9.51. The first-order valence-corrected chi connectivity index (χ1v) is 9.51. The van der Waals surface area contributed by atoms with Crippen LogP contribution in [0.15, 0.2) is 17.4 Å². The number of guanidine groups is 1. The third kappa shape index (κ3) is 6.34. The minimum absolute atomic E-state index is 0.159. The number of ether oxygens (including phenoxy) is 1. The number of nitrogens with zero attached hydrogens (tertiary/aromatic N) is 3. The Morgan fingerprint density at radius 1 is 1.40 bits per heavy atom. The SMILES string of the molecule is CCNC(=NCC1CCCOC1C(C)(C)C)NCCc1cnn(C)c1. The third-order valence-corrected chi connectivity index (χ3v) is 4.59. The second-order valence-corrected chi connectivity index (χ2v) is 7.98. The molecule has 2 atom stereocenters. The molecule has 0 radical (unpaired) electrons. The first kappa shape index (κ1) is 19.8. The van der Waals surface area contributed by atoms with Crippen molar-refractivity contribution in [3.63, 3.8) is 0 Å². The fraction of sp³-hybridized carbons (Fsp3) is 0.789. The predicted molar refractivity (Wildman–Crippen MR) is 103 cm³/mol.